The molecule has 1 aliphatic heterocycles. The van der Waals surface area contributed by atoms with E-state index in [1.165, 1.54) is 43.7 Å². The molecule has 0 saturated carbocycles. The lowest BCUT2D eigenvalue weighted by Crippen LogP contribution is -2.62. The van der Waals surface area contributed by atoms with Crippen molar-refractivity contribution >= 4 is 135 Å². The number of aromatic nitrogens is 3. The highest BCUT2D eigenvalue weighted by Crippen LogP contribution is 2.23. The van der Waals surface area contributed by atoms with Crippen molar-refractivity contribution in [2.24, 2.45) is 34.6 Å². The second-order valence-electron chi connectivity index (χ2n) is 34.8. The molecule has 776 valence electrons. The van der Waals surface area contributed by atoms with Crippen molar-refractivity contribution in [3.8, 4) is 5.75 Å². The zero-order valence-corrected chi connectivity index (χ0v) is 81.1. The molecule has 16 amide bonds. The van der Waals surface area contributed by atoms with Gasteiger partial charge in [0.2, 0.25) is 94.5 Å². The van der Waals surface area contributed by atoms with Crippen molar-refractivity contribution < 1.29 is 86.9 Å². The van der Waals surface area contributed by atoms with Gasteiger partial charge in [-0.25, -0.2) is 4.98 Å². The third-order valence-electron chi connectivity index (χ3n) is 23.4. The Kier molecular flexibility index (Phi) is 46.6. The Hall–Kier alpha value is -15.7. The van der Waals surface area contributed by atoms with E-state index in [1.54, 1.807) is 135 Å². The summed E-state index contributed by atoms with van der Waals surface area (Å²) in [7, 11) is 0. The van der Waals surface area contributed by atoms with Gasteiger partial charge in [-0.3, -0.25) is 92.9 Å². The van der Waals surface area contributed by atoms with E-state index in [2.05, 4.69) is 111 Å². The first-order chi connectivity index (χ1) is 68.9. The number of aromatic hydroxyl groups is 1. The van der Waals surface area contributed by atoms with Gasteiger partial charge < -0.3 is 145 Å². The molecule has 3 heterocycles. The number of aromatic amines is 2. The molecule has 0 unspecified atom stereocenters. The van der Waals surface area contributed by atoms with E-state index in [0.29, 0.717) is 50.8 Å². The van der Waals surface area contributed by atoms with Crippen LogP contribution in [-0.2, 0) is 115 Å². The zero-order valence-electron chi connectivity index (χ0n) is 80.3. The zero-order chi connectivity index (χ0) is 105. The number of rotatable bonds is 34. The largest absolute Gasteiger partial charge is 0.508 e. The van der Waals surface area contributed by atoms with E-state index in [1.807, 2.05) is 0 Å². The number of H-pyrrole nitrogens is 2. The maximum Gasteiger partial charge on any atom is 0.245 e. The smallest absolute Gasteiger partial charge is 0.245 e. The number of phenolic OH excluding ortho intramolecular Hbond substituents is 1. The lowest BCUT2D eigenvalue weighted by molar-refractivity contribution is -0.137. The maximum absolute atomic E-state index is 15.8. The van der Waals surface area contributed by atoms with Crippen LogP contribution in [0.25, 0.3) is 10.9 Å². The molecule has 15 atom stereocenters. The standard InChI is InChI=1S/C96H133N29O18S/c1-4-54(2)79-92(142)122-74(46-61-48-105-53-112-61)91(141)116-65(29-16-17-37-97)83(133)114-66(30-18-38-106-94(99)100)84(134)115-67(31-19-39-107-95(101)102)85(135)118-70(42-57-23-10-6-11-24-57)87(137)117-68(32-20-40-108-96(103)104)86(136)119-72(44-59-33-35-62(127)36-34-59)88(138)121-73(45-60-47-109-64-28-15-14-27-63(60)64)90(140)120-71(43-58-25-12-7-13-26-58)89(139)123-75(82(132)110-49-76(98)128)51-144-52-78(130)113-69(41-56-21-8-5-9-22-56)81(131)111-50-77(129)124-80(55(3)126)93(143)125-79/h5-15,21-28,33-36,47-48,53-55,65-75,79-80,109,126-127H,4,16-20,29-32,37-46,49-52,97H2,1-3H3,(H2,98,128)(H,105,112)(H,110,132)(H,111,131)(H,113,130)(H,114,133)(H,115,134)(H,116,141)(H,117,137)(H,118,135)(H,119,136)(H,120,140)(H,121,138)(H,122,142)(H,123,139)(H,124,129)(H,125,143)(H4,99,100,106)(H4,101,102,107)(H4,103,104,108)/t54-,55+,65-,66-,67-,68-,69-,70-,71-,72-,73-,74-,75-,79-,80-/m0/s1. The average Bonchev–Trinajstić information content (AvgIpc) is 1.68. The fraction of sp³-hybridized carbons (Fsp3) is 0.438. The van der Waals surface area contributed by atoms with Crippen LogP contribution in [0.3, 0.4) is 0 Å². The summed E-state index contributed by atoms with van der Waals surface area (Å²) >= 11 is 0.776. The molecule has 35 N–H and O–H groups in total. The van der Waals surface area contributed by atoms with E-state index >= 15 is 43.2 Å². The number of aliphatic hydroxyl groups is 1. The number of nitrogens with two attached hydrogens (primary N) is 5. The van der Waals surface area contributed by atoms with Crippen LogP contribution >= 0.6 is 11.8 Å². The topological polar surface area (TPSA) is 776 Å². The molecule has 2 aromatic heterocycles. The predicted octanol–water partition coefficient (Wildman–Crippen LogP) is -4.53. The van der Waals surface area contributed by atoms with Gasteiger partial charge in [0.15, 0.2) is 17.9 Å². The number of hydrogen-bond donors (Lipinski definition) is 30. The summed E-state index contributed by atoms with van der Waals surface area (Å²) in [6, 6.07) is 16.3. The number of nitrogens with zero attached hydrogens (tertiary/aromatic N) is 1. The van der Waals surface area contributed by atoms with Crippen molar-refractivity contribution in [3.05, 3.63) is 192 Å². The molecule has 0 bridgehead atoms. The Balaban J connectivity index is 1.24. The van der Waals surface area contributed by atoms with Crippen LogP contribution in [-0.4, -0.2) is 273 Å². The first-order valence-electron chi connectivity index (χ1n) is 47.3. The third kappa shape index (κ3) is 39.0. The van der Waals surface area contributed by atoms with Gasteiger partial charge in [0.25, 0.3) is 0 Å². The molecule has 0 aliphatic carbocycles. The number of thioether (sulfide) groups is 1. The molecule has 144 heavy (non-hydrogen) atoms. The summed E-state index contributed by atoms with van der Waals surface area (Å²) in [5.41, 5.74) is 31.7. The van der Waals surface area contributed by atoms with Crippen molar-refractivity contribution in [2.75, 3.05) is 50.8 Å². The summed E-state index contributed by atoms with van der Waals surface area (Å²) < 4.78 is 0. The van der Waals surface area contributed by atoms with Gasteiger partial charge in [0, 0.05) is 92.9 Å². The number of amides is 16. The normalized spacial score (nSPS) is 22.0. The number of aliphatic hydroxyl groups excluding tert-OH is 1. The number of carbonyl (C=O) groups excluding carboxylic acids is 16. The molecule has 1 saturated heterocycles. The molecule has 5 aromatic carbocycles. The van der Waals surface area contributed by atoms with Crippen LogP contribution in [0, 0.1) is 22.1 Å². The Morgan fingerprint density at radius 3 is 1.26 bits per heavy atom. The number of fused-ring (bicyclic) bond motifs is 1. The Labute approximate surface area is 835 Å². The number of carbonyl (C=O) groups is 16. The van der Waals surface area contributed by atoms with Crippen molar-refractivity contribution in [1.29, 1.82) is 16.2 Å². The Bertz CT molecular complexity index is 5490. The van der Waals surface area contributed by atoms with Gasteiger partial charge in [0.1, 0.15) is 84.3 Å². The molecular formula is C96H133N29O18S. The molecule has 7 aromatic rings. The highest BCUT2D eigenvalue weighted by Gasteiger charge is 2.40. The summed E-state index contributed by atoms with van der Waals surface area (Å²) in [5.74, 6) is -19.1. The monoisotopic (exact) mass is 2010 g/mol. The second-order valence-corrected chi connectivity index (χ2v) is 35.9. The van der Waals surface area contributed by atoms with Gasteiger partial charge in [0.05, 0.1) is 31.3 Å². The van der Waals surface area contributed by atoms with Gasteiger partial charge in [-0.15, -0.1) is 11.8 Å². The van der Waals surface area contributed by atoms with Crippen molar-refractivity contribution in [1.82, 2.24) is 111 Å². The summed E-state index contributed by atoms with van der Waals surface area (Å²) in [4.78, 5) is 248. The number of imidazole rings is 1. The molecule has 47 nitrogen and oxygen atoms in total. The highest BCUT2D eigenvalue weighted by molar-refractivity contribution is 8.00. The fourth-order valence-corrected chi connectivity index (χ4v) is 16.4. The van der Waals surface area contributed by atoms with Gasteiger partial charge in [-0.05, 0) is 123 Å². The molecule has 0 radical (unpaired) electrons. The van der Waals surface area contributed by atoms with Gasteiger partial charge in [-0.2, -0.15) is 0 Å². The van der Waals surface area contributed by atoms with E-state index in [4.69, 9.17) is 44.9 Å². The lowest BCUT2D eigenvalue weighted by atomic mass is 9.96. The number of guanidine groups is 3. The number of benzene rings is 5. The molecule has 8 rings (SSSR count). The predicted molar refractivity (Wildman–Crippen MR) is 536 cm³/mol. The molecule has 1 fully saturated rings. The van der Waals surface area contributed by atoms with Gasteiger partial charge >= 0.3 is 0 Å². The SMILES string of the molecule is CC[C@H](C)[C@@H]1NC(=O)[C@H]([C@@H](C)O)NC(=O)CNC(=O)[C@H](Cc2ccccc2)NC(=O)CSC[C@@H](C(=O)NCC(N)=O)NC(=O)[C@H](Cc2ccccc2)NC(=O)[C@H](Cc2c[nH]c3ccccc23)NC(=O)[C@H](Cc2ccc(O)cc2)NC(=O)[C@H](CCCNC(=N)N)NC(=O)[C@H](Cc2ccccc2)NC(=O)[C@H](CCCNC(=N)N)NC(=O)[C@H](CCCNC(=N)N)NC(=O)[C@H](CCCCN)NC(=O)[C@H](Cc2cnc[nH]2)NC1=O. The van der Waals surface area contributed by atoms with E-state index < -0.39 is 228 Å². The van der Waals surface area contributed by atoms with Crippen molar-refractivity contribution in [2.45, 2.75) is 208 Å². The fourth-order valence-electron chi connectivity index (χ4n) is 15.5. The second kappa shape index (κ2) is 59.1. The first-order valence-corrected chi connectivity index (χ1v) is 48.5. The number of para-hydroxylation sites is 1. The lowest BCUT2D eigenvalue weighted by Gasteiger charge is -2.30. The van der Waals surface area contributed by atoms with E-state index in [0.717, 1.165) is 11.8 Å². The van der Waals surface area contributed by atoms with Crippen LogP contribution in [0.1, 0.15) is 118 Å². The Morgan fingerprint density at radius 2 is 0.826 bits per heavy atom. The van der Waals surface area contributed by atoms with Crippen LogP contribution < -0.4 is 124 Å². The molecule has 1 aliphatic rings. The number of primary amides is 1. The Morgan fingerprint density at radius 1 is 0.431 bits per heavy atom. The van der Waals surface area contributed by atoms with Gasteiger partial charge in [-0.1, -0.05) is 142 Å². The minimum atomic E-state index is -1.83. The van der Waals surface area contributed by atoms with Crippen LogP contribution in [0.5, 0.6) is 5.75 Å². The third-order valence-corrected chi connectivity index (χ3v) is 24.5. The maximum atomic E-state index is 15.8. The molecule has 48 heteroatoms. The summed E-state index contributed by atoms with van der Waals surface area (Å²) in [6.07, 6.45) is 0.494. The first kappa shape index (κ1) is 114. The van der Waals surface area contributed by atoms with Crippen LogP contribution in [0.4, 0.5) is 0 Å². The number of hydrogen-bond acceptors (Lipinski definition) is 24. The quantitative estimate of drug-likeness (QED) is 0.0103. The number of phenols is 1. The van der Waals surface area contributed by atoms with Crippen molar-refractivity contribution in [3.63, 3.8) is 0 Å². The van der Waals surface area contributed by atoms with Crippen LogP contribution in [0.15, 0.2) is 158 Å². The summed E-state index contributed by atoms with van der Waals surface area (Å²) in [6.45, 7) is 2.82. The van der Waals surface area contributed by atoms with E-state index in [9.17, 15) is 43.8 Å². The minimum Gasteiger partial charge on any atom is -0.508 e. The van der Waals surface area contributed by atoms with E-state index in [-0.39, 0.29) is 128 Å². The number of unbranched alkanes of at least 4 members (excludes halogenated alkanes) is 1. The van der Waals surface area contributed by atoms with Crippen LogP contribution in [0.2, 0.25) is 0 Å². The highest BCUT2D eigenvalue weighted by atomic mass is 32.2. The molecular weight excluding hydrogens is 1880 g/mol. The molecule has 0 spiro atoms. The minimum absolute atomic E-state index is 0.00396. The summed E-state index contributed by atoms with van der Waals surface area (Å²) in [5, 5.41) is 93.8. The average molecular weight is 2010 g/mol. The number of nitrogens with one attached hydrogen (secondary N) is 23.